The highest BCUT2D eigenvalue weighted by atomic mass is 32.2. The van der Waals surface area contributed by atoms with Gasteiger partial charge in [0.1, 0.15) is 18.3 Å². The van der Waals surface area contributed by atoms with Crippen molar-refractivity contribution in [3.05, 3.63) is 35.9 Å². The van der Waals surface area contributed by atoms with Gasteiger partial charge >= 0.3 is 15.6 Å². The van der Waals surface area contributed by atoms with Crippen molar-refractivity contribution in [1.29, 1.82) is 0 Å². The fraction of sp³-hybridized carbons (Fsp3) is 0.684. The number of ether oxygens (including phenoxy) is 6. The summed E-state index contributed by atoms with van der Waals surface area (Å²) >= 11 is 0. The number of rotatable bonds is 7. The molecule has 1 aromatic carbocycles. The number of benzene rings is 1. The van der Waals surface area contributed by atoms with E-state index in [1.807, 2.05) is 18.2 Å². The molecule has 13 heteroatoms. The topological polar surface area (TPSA) is 98.8 Å². The predicted octanol–water partition coefficient (Wildman–Crippen LogP) is 2.30. The Hall–Kier alpha value is -1.32. The molecule has 0 bridgehead atoms. The van der Waals surface area contributed by atoms with E-state index in [0.29, 0.717) is 0 Å². The van der Waals surface area contributed by atoms with Crippen LogP contribution in [0.1, 0.15) is 19.4 Å². The first-order chi connectivity index (χ1) is 14.9. The number of hydrogen-bond donors (Lipinski definition) is 0. The molecule has 2 heterocycles. The van der Waals surface area contributed by atoms with Crippen LogP contribution in [0, 0.1) is 0 Å². The third-order valence-electron chi connectivity index (χ3n) is 5.50. The maximum Gasteiger partial charge on any atom is 0.523 e. The van der Waals surface area contributed by atoms with Crippen LogP contribution >= 0.6 is 0 Å². The molecular weight excluding hydrogens is 461 g/mol. The van der Waals surface area contributed by atoms with E-state index in [1.54, 1.807) is 12.1 Å². The van der Waals surface area contributed by atoms with Gasteiger partial charge in [-0.2, -0.15) is 21.6 Å². The van der Waals surface area contributed by atoms with E-state index in [2.05, 4.69) is 4.18 Å². The van der Waals surface area contributed by atoms with Crippen LogP contribution in [0.15, 0.2) is 30.3 Å². The van der Waals surface area contributed by atoms with Crippen LogP contribution in [0.3, 0.4) is 0 Å². The lowest BCUT2D eigenvalue weighted by Gasteiger charge is -2.55. The summed E-state index contributed by atoms with van der Waals surface area (Å²) in [6.45, 7) is 2.47. The van der Waals surface area contributed by atoms with Crippen molar-refractivity contribution in [3.8, 4) is 0 Å². The van der Waals surface area contributed by atoms with Crippen LogP contribution in [0.5, 0.6) is 0 Å². The van der Waals surface area contributed by atoms with E-state index >= 15 is 0 Å². The van der Waals surface area contributed by atoms with Crippen LogP contribution < -0.4 is 0 Å². The molecule has 0 amide bonds. The Morgan fingerprint density at radius 3 is 2.12 bits per heavy atom. The van der Waals surface area contributed by atoms with Gasteiger partial charge < -0.3 is 28.4 Å². The highest BCUT2D eigenvalue weighted by Gasteiger charge is 2.63. The lowest BCUT2D eigenvalue weighted by atomic mass is 9.98. The largest absolute Gasteiger partial charge is 0.523 e. The van der Waals surface area contributed by atoms with E-state index in [9.17, 15) is 21.6 Å². The molecule has 1 aromatic rings. The molecule has 0 spiro atoms. The molecule has 9 nitrogen and oxygen atoms in total. The number of hydrogen-bond acceptors (Lipinski definition) is 9. The van der Waals surface area contributed by atoms with Crippen LogP contribution in [0.25, 0.3) is 0 Å². The minimum atomic E-state index is -5.93. The van der Waals surface area contributed by atoms with Gasteiger partial charge in [0.05, 0.1) is 13.2 Å². The second-order valence-corrected chi connectivity index (χ2v) is 9.06. The molecule has 0 saturated carbocycles. The Morgan fingerprint density at radius 2 is 1.59 bits per heavy atom. The number of halogens is 3. The van der Waals surface area contributed by atoms with Crippen molar-refractivity contribution >= 4 is 10.1 Å². The average Bonchev–Trinajstić information content (AvgIpc) is 2.74. The molecule has 0 radical (unpaired) electrons. The molecule has 2 saturated heterocycles. The Morgan fingerprint density at radius 1 is 1.03 bits per heavy atom. The van der Waals surface area contributed by atoms with Crippen molar-refractivity contribution in [2.75, 3.05) is 20.8 Å². The van der Waals surface area contributed by atoms with Crippen molar-refractivity contribution in [3.63, 3.8) is 0 Å². The minimum Gasteiger partial charge on any atom is -0.349 e. The van der Waals surface area contributed by atoms with Gasteiger partial charge in [0, 0.05) is 14.2 Å². The van der Waals surface area contributed by atoms with Gasteiger partial charge in [-0.1, -0.05) is 30.3 Å². The van der Waals surface area contributed by atoms with E-state index in [-0.39, 0.29) is 6.61 Å². The zero-order chi connectivity index (χ0) is 23.8. The second-order valence-electron chi connectivity index (χ2n) is 7.50. The highest BCUT2D eigenvalue weighted by molar-refractivity contribution is 7.87. The predicted molar refractivity (Wildman–Crippen MR) is 101 cm³/mol. The lowest BCUT2D eigenvalue weighted by molar-refractivity contribution is -0.478. The summed E-state index contributed by atoms with van der Waals surface area (Å²) in [6, 6.07) is 9.05. The van der Waals surface area contributed by atoms with E-state index in [0.717, 1.165) is 5.56 Å². The minimum absolute atomic E-state index is 0.0930. The molecule has 2 aliphatic rings. The molecule has 3 rings (SSSR count). The van der Waals surface area contributed by atoms with Gasteiger partial charge in [0.25, 0.3) is 0 Å². The fourth-order valence-electron chi connectivity index (χ4n) is 3.41. The Kier molecular flexibility index (Phi) is 7.23. The van der Waals surface area contributed by atoms with Gasteiger partial charge in [0.2, 0.25) is 11.6 Å². The highest BCUT2D eigenvalue weighted by Crippen LogP contribution is 2.44. The summed E-state index contributed by atoms with van der Waals surface area (Å²) in [4.78, 5) is 0. The summed E-state index contributed by atoms with van der Waals surface area (Å²) in [5.41, 5.74) is -4.82. The van der Waals surface area contributed by atoms with E-state index in [4.69, 9.17) is 28.4 Å². The van der Waals surface area contributed by atoms with Crippen molar-refractivity contribution in [1.82, 2.24) is 0 Å². The summed E-state index contributed by atoms with van der Waals surface area (Å²) in [5.74, 6) is -3.15. The second kappa shape index (κ2) is 9.14. The molecule has 2 fully saturated rings. The monoisotopic (exact) mass is 486 g/mol. The molecule has 2 aliphatic heterocycles. The van der Waals surface area contributed by atoms with Crippen LogP contribution in [0.2, 0.25) is 0 Å². The first-order valence-corrected chi connectivity index (χ1v) is 11.0. The third kappa shape index (κ3) is 4.80. The first kappa shape index (κ1) is 25.3. The van der Waals surface area contributed by atoms with Gasteiger partial charge in [-0.15, -0.1) is 0 Å². The summed E-state index contributed by atoms with van der Waals surface area (Å²) < 4.78 is 100. The van der Waals surface area contributed by atoms with Crippen LogP contribution in [-0.4, -0.2) is 70.9 Å². The maximum absolute atomic E-state index is 12.9. The third-order valence-corrected chi connectivity index (χ3v) is 6.57. The molecule has 182 valence electrons. The summed E-state index contributed by atoms with van der Waals surface area (Å²) in [6.07, 6.45) is -5.35. The van der Waals surface area contributed by atoms with Gasteiger partial charge in [-0.25, -0.2) is 0 Å². The van der Waals surface area contributed by atoms with Gasteiger partial charge in [0.15, 0.2) is 6.29 Å². The van der Waals surface area contributed by atoms with Crippen LogP contribution in [0.4, 0.5) is 13.2 Å². The maximum atomic E-state index is 12.9. The smallest absolute Gasteiger partial charge is 0.349 e. The van der Waals surface area contributed by atoms with Crippen molar-refractivity contribution < 1.29 is 54.2 Å². The first-order valence-electron chi connectivity index (χ1n) is 9.58. The van der Waals surface area contributed by atoms with Crippen LogP contribution in [-0.2, 0) is 49.3 Å². The normalized spacial score (nSPS) is 36.0. The quantitative estimate of drug-likeness (QED) is 0.425. The van der Waals surface area contributed by atoms with Crippen molar-refractivity contribution in [2.45, 2.75) is 62.1 Å². The van der Waals surface area contributed by atoms with Gasteiger partial charge in [-0.3, -0.25) is 4.18 Å². The van der Waals surface area contributed by atoms with E-state index < -0.39 is 58.4 Å². The fourth-order valence-corrected chi connectivity index (χ4v) is 4.01. The number of fused-ring (bicyclic) bond motifs is 1. The molecular formula is C19H25F3O9S. The molecule has 6 atom stereocenters. The zero-order valence-corrected chi connectivity index (χ0v) is 18.6. The molecule has 0 N–H and O–H groups in total. The summed E-state index contributed by atoms with van der Waals surface area (Å²) in [5, 5.41) is 0. The van der Waals surface area contributed by atoms with Gasteiger partial charge in [-0.05, 0) is 19.4 Å². The number of alkyl halides is 3. The summed E-state index contributed by atoms with van der Waals surface area (Å²) in [7, 11) is -3.32. The van der Waals surface area contributed by atoms with E-state index in [1.165, 1.54) is 28.1 Å². The average molecular weight is 486 g/mol. The Bertz CT molecular complexity index is 882. The standard InChI is InChI=1S/C19H25F3O9S/c1-17(25-3)18(2,26-4)30-15-14(29-17)13(31-32(23,24)19(20,21)22)11-28-16(15)27-10-12-8-6-5-7-9-12/h5-9,13-16H,10-11H2,1-4H3/t13-,14-,15-,16-,17-,18-/m0/s1. The Labute approximate surface area is 183 Å². The lowest BCUT2D eigenvalue weighted by Crippen LogP contribution is -2.71. The number of methoxy groups -OCH3 is 2. The molecule has 0 aliphatic carbocycles. The SMILES string of the molecule is CO[C@@]1(C)O[C@@H]2[C@@H](OCc3ccccc3)OC[C@H](OS(=O)(=O)C(F)(F)F)[C@@H]2O[C@]1(C)OC. The molecule has 0 unspecified atom stereocenters. The molecule has 0 aromatic heterocycles. The Balaban J connectivity index is 1.88. The van der Waals surface area contributed by atoms with Crippen molar-refractivity contribution in [2.24, 2.45) is 0 Å². The molecule has 32 heavy (non-hydrogen) atoms. The zero-order valence-electron chi connectivity index (χ0n) is 17.8.